The summed E-state index contributed by atoms with van der Waals surface area (Å²) in [7, 11) is 0. The molecule has 104 valence electrons. The molecule has 20 heavy (non-hydrogen) atoms. The van der Waals surface area contributed by atoms with E-state index in [1.54, 1.807) is 12.5 Å². The summed E-state index contributed by atoms with van der Waals surface area (Å²) >= 11 is 3.53. The third kappa shape index (κ3) is 2.78. The first-order chi connectivity index (χ1) is 9.74. The lowest BCUT2D eigenvalue weighted by Gasteiger charge is -2.06. The molecule has 0 aliphatic rings. The van der Waals surface area contributed by atoms with Gasteiger partial charge in [-0.3, -0.25) is 0 Å². The largest absolute Gasteiger partial charge is 0.472 e. The van der Waals surface area contributed by atoms with E-state index in [2.05, 4.69) is 49.8 Å². The van der Waals surface area contributed by atoms with Gasteiger partial charge in [0.05, 0.1) is 24.4 Å². The summed E-state index contributed by atoms with van der Waals surface area (Å²) in [5, 5.41) is 3.44. The number of rotatable bonds is 5. The second-order valence-corrected chi connectivity index (χ2v) is 5.76. The molecule has 3 rings (SSSR count). The fourth-order valence-electron chi connectivity index (χ4n) is 2.28. The van der Waals surface area contributed by atoms with Gasteiger partial charge in [0.25, 0.3) is 0 Å². The van der Waals surface area contributed by atoms with Crippen LogP contribution in [0.1, 0.15) is 16.8 Å². The number of imidazole rings is 1. The molecule has 0 aromatic carbocycles. The van der Waals surface area contributed by atoms with Crippen molar-refractivity contribution in [3.05, 3.63) is 58.3 Å². The number of aryl methyl sites for hydroxylation is 1. The highest BCUT2D eigenvalue weighted by molar-refractivity contribution is 9.10. The van der Waals surface area contributed by atoms with Crippen LogP contribution in [0.3, 0.4) is 0 Å². The number of nitrogens with one attached hydrogen (secondary N) is 1. The maximum Gasteiger partial charge on any atom is 0.139 e. The van der Waals surface area contributed by atoms with Gasteiger partial charge >= 0.3 is 0 Å². The van der Waals surface area contributed by atoms with Gasteiger partial charge in [-0.1, -0.05) is 0 Å². The molecule has 3 aromatic rings. The van der Waals surface area contributed by atoms with Crippen LogP contribution in [0, 0.1) is 6.92 Å². The summed E-state index contributed by atoms with van der Waals surface area (Å²) in [5.74, 6) is 0. The first kappa shape index (κ1) is 13.4. The zero-order valence-corrected chi connectivity index (χ0v) is 12.9. The number of aromatic nitrogens is 2. The predicted molar refractivity (Wildman–Crippen MR) is 81.7 cm³/mol. The molecular weight excluding hydrogens is 318 g/mol. The van der Waals surface area contributed by atoms with E-state index in [9.17, 15) is 0 Å². The smallest absolute Gasteiger partial charge is 0.139 e. The molecule has 5 heteroatoms. The maximum absolute atomic E-state index is 5.05. The van der Waals surface area contributed by atoms with E-state index < -0.39 is 0 Å². The molecule has 0 amide bonds. The van der Waals surface area contributed by atoms with E-state index in [-0.39, 0.29) is 0 Å². The SMILES string of the molecule is Cc1cc(Br)cn2c(CNCCc3ccoc3)cnc12. The number of pyridine rings is 1. The average molecular weight is 334 g/mol. The van der Waals surface area contributed by atoms with Crippen molar-refractivity contribution in [3.63, 3.8) is 0 Å². The van der Waals surface area contributed by atoms with Crippen LogP contribution >= 0.6 is 15.9 Å². The normalized spacial score (nSPS) is 11.3. The summed E-state index contributed by atoms with van der Waals surface area (Å²) in [6.07, 6.45) is 8.45. The molecular formula is C15H16BrN3O. The Kier molecular flexibility index (Phi) is 3.89. The molecule has 0 aliphatic heterocycles. The van der Waals surface area contributed by atoms with Gasteiger partial charge in [-0.15, -0.1) is 0 Å². The van der Waals surface area contributed by atoms with Crippen LogP contribution in [0.25, 0.3) is 5.65 Å². The molecule has 0 atom stereocenters. The fourth-order valence-corrected chi connectivity index (χ4v) is 2.83. The molecule has 3 aromatic heterocycles. The first-order valence-electron chi connectivity index (χ1n) is 6.58. The van der Waals surface area contributed by atoms with Crippen molar-refractivity contribution < 1.29 is 4.42 Å². The quantitative estimate of drug-likeness (QED) is 0.728. The Morgan fingerprint density at radius 3 is 3.15 bits per heavy atom. The maximum atomic E-state index is 5.05. The Labute approximate surface area is 125 Å². The number of halogens is 1. The minimum absolute atomic E-state index is 0.801. The van der Waals surface area contributed by atoms with Crippen LogP contribution in [0.5, 0.6) is 0 Å². The number of furan rings is 1. The minimum Gasteiger partial charge on any atom is -0.472 e. The molecule has 0 saturated heterocycles. The topological polar surface area (TPSA) is 42.5 Å². The van der Waals surface area contributed by atoms with Gasteiger partial charge in [-0.05, 0) is 59.1 Å². The Hall–Kier alpha value is -1.59. The minimum atomic E-state index is 0.801. The molecule has 0 fully saturated rings. The third-order valence-corrected chi connectivity index (χ3v) is 3.74. The van der Waals surface area contributed by atoms with Gasteiger partial charge in [0.2, 0.25) is 0 Å². The third-order valence-electron chi connectivity index (χ3n) is 3.31. The monoisotopic (exact) mass is 333 g/mol. The van der Waals surface area contributed by atoms with E-state index in [0.29, 0.717) is 0 Å². The van der Waals surface area contributed by atoms with Gasteiger partial charge in [0.15, 0.2) is 0 Å². The van der Waals surface area contributed by atoms with Crippen LogP contribution < -0.4 is 5.32 Å². The van der Waals surface area contributed by atoms with Gasteiger partial charge in [-0.2, -0.15) is 0 Å². The van der Waals surface area contributed by atoms with E-state index >= 15 is 0 Å². The lowest BCUT2D eigenvalue weighted by Crippen LogP contribution is -2.17. The fraction of sp³-hybridized carbons (Fsp3) is 0.267. The van der Waals surface area contributed by atoms with Gasteiger partial charge < -0.3 is 14.1 Å². The highest BCUT2D eigenvalue weighted by Gasteiger charge is 2.06. The summed E-state index contributed by atoms with van der Waals surface area (Å²) < 4.78 is 8.25. The van der Waals surface area contributed by atoms with Crippen LogP contribution in [0.2, 0.25) is 0 Å². The Bertz CT molecular complexity index is 703. The molecule has 3 heterocycles. The van der Waals surface area contributed by atoms with Crippen molar-refractivity contribution >= 4 is 21.6 Å². The lowest BCUT2D eigenvalue weighted by molar-refractivity contribution is 0.562. The number of nitrogens with zero attached hydrogens (tertiary/aromatic N) is 2. The highest BCUT2D eigenvalue weighted by atomic mass is 79.9. The van der Waals surface area contributed by atoms with Crippen LogP contribution in [-0.4, -0.2) is 15.9 Å². The molecule has 0 saturated carbocycles. The predicted octanol–water partition coefficient (Wildman–Crippen LogP) is 3.33. The number of fused-ring (bicyclic) bond motifs is 1. The van der Waals surface area contributed by atoms with Crippen molar-refractivity contribution in [2.45, 2.75) is 19.9 Å². The number of hydrogen-bond acceptors (Lipinski definition) is 3. The van der Waals surface area contributed by atoms with Crippen molar-refractivity contribution in [3.8, 4) is 0 Å². The summed E-state index contributed by atoms with van der Waals surface area (Å²) in [6, 6.07) is 4.08. The first-order valence-corrected chi connectivity index (χ1v) is 7.37. The van der Waals surface area contributed by atoms with E-state index in [1.165, 1.54) is 11.1 Å². The van der Waals surface area contributed by atoms with Crippen molar-refractivity contribution in [2.24, 2.45) is 0 Å². The molecule has 1 N–H and O–H groups in total. The summed E-state index contributed by atoms with van der Waals surface area (Å²) in [6.45, 7) is 3.79. The molecule has 0 aliphatic carbocycles. The zero-order chi connectivity index (χ0) is 13.9. The van der Waals surface area contributed by atoms with Crippen LogP contribution in [0.15, 0.2) is 45.9 Å². The number of hydrogen-bond donors (Lipinski definition) is 1. The van der Waals surface area contributed by atoms with Crippen molar-refractivity contribution in [2.75, 3.05) is 6.54 Å². The van der Waals surface area contributed by atoms with E-state index in [4.69, 9.17) is 4.42 Å². The summed E-state index contributed by atoms with van der Waals surface area (Å²) in [4.78, 5) is 4.48. The van der Waals surface area contributed by atoms with Gasteiger partial charge in [0.1, 0.15) is 5.65 Å². The van der Waals surface area contributed by atoms with E-state index in [1.807, 2.05) is 12.3 Å². The Morgan fingerprint density at radius 2 is 2.35 bits per heavy atom. The second kappa shape index (κ2) is 5.81. The van der Waals surface area contributed by atoms with Gasteiger partial charge in [0, 0.05) is 17.2 Å². The standard InChI is InChI=1S/C15H16BrN3O/c1-11-6-13(16)9-19-14(8-18-15(11)19)7-17-4-2-12-3-5-20-10-12/h3,5-6,8-10,17H,2,4,7H2,1H3. The molecule has 0 unspecified atom stereocenters. The van der Waals surface area contributed by atoms with Crippen molar-refractivity contribution in [1.82, 2.24) is 14.7 Å². The van der Waals surface area contributed by atoms with E-state index in [0.717, 1.165) is 35.3 Å². The average Bonchev–Trinajstić information content (AvgIpc) is 3.04. The second-order valence-electron chi connectivity index (χ2n) is 4.84. The Balaban J connectivity index is 1.65. The molecule has 0 radical (unpaired) electrons. The zero-order valence-electron chi connectivity index (χ0n) is 11.3. The Morgan fingerprint density at radius 1 is 1.45 bits per heavy atom. The van der Waals surface area contributed by atoms with Crippen LogP contribution in [-0.2, 0) is 13.0 Å². The van der Waals surface area contributed by atoms with Gasteiger partial charge in [-0.25, -0.2) is 4.98 Å². The lowest BCUT2D eigenvalue weighted by atomic mass is 10.2. The van der Waals surface area contributed by atoms with Crippen molar-refractivity contribution in [1.29, 1.82) is 0 Å². The highest BCUT2D eigenvalue weighted by Crippen LogP contribution is 2.17. The summed E-state index contributed by atoms with van der Waals surface area (Å²) in [5.41, 5.74) is 4.56. The molecule has 4 nitrogen and oxygen atoms in total. The van der Waals surface area contributed by atoms with Crippen LogP contribution in [0.4, 0.5) is 0 Å². The molecule has 0 bridgehead atoms. The molecule has 0 spiro atoms.